The van der Waals surface area contributed by atoms with Crippen molar-refractivity contribution < 1.29 is 39.6 Å². The molecule has 0 radical (unpaired) electrons. The van der Waals surface area contributed by atoms with Gasteiger partial charge >= 0.3 is 23.9 Å². The molecule has 0 aliphatic rings. The third-order valence-electron chi connectivity index (χ3n) is 3.41. The van der Waals surface area contributed by atoms with Gasteiger partial charge in [-0.3, -0.25) is 9.59 Å². The molecule has 1 aromatic rings. The molecule has 0 saturated carbocycles. The molecule has 1 rings (SSSR count). The quantitative estimate of drug-likeness (QED) is 0.322. The zero-order valence-electron chi connectivity index (χ0n) is 15.8. The Morgan fingerprint density at radius 3 is 1.04 bits per heavy atom. The van der Waals surface area contributed by atoms with Crippen molar-refractivity contribution in [3.8, 4) is 0 Å². The highest BCUT2D eigenvalue weighted by molar-refractivity contribution is 5.91. The Bertz CT molecular complexity index is 554. The van der Waals surface area contributed by atoms with Crippen LogP contribution in [0.2, 0.25) is 0 Å². The van der Waals surface area contributed by atoms with Crippen molar-refractivity contribution in [1.82, 2.24) is 0 Å². The SMILES string of the molecule is C=C.O=C(O)CCCCCCCCC(=O)O.O=C(O)c1ccc(C(=O)O)cc1. The number of aromatic carboxylic acids is 2. The molecule has 8 nitrogen and oxygen atoms in total. The summed E-state index contributed by atoms with van der Waals surface area (Å²) in [6.45, 7) is 6.00. The van der Waals surface area contributed by atoms with Crippen LogP contribution in [0.25, 0.3) is 0 Å². The van der Waals surface area contributed by atoms with E-state index in [9.17, 15) is 19.2 Å². The van der Waals surface area contributed by atoms with Crippen molar-refractivity contribution in [2.45, 2.75) is 51.4 Å². The second-order valence-corrected chi connectivity index (χ2v) is 5.60. The van der Waals surface area contributed by atoms with Gasteiger partial charge < -0.3 is 20.4 Å². The lowest BCUT2D eigenvalue weighted by atomic mass is 10.1. The van der Waals surface area contributed by atoms with Gasteiger partial charge in [-0.05, 0) is 37.1 Å². The number of carbonyl (C=O) groups is 4. The van der Waals surface area contributed by atoms with Crippen LogP contribution in [0.1, 0.15) is 72.1 Å². The summed E-state index contributed by atoms with van der Waals surface area (Å²) in [5.74, 6) is -3.61. The smallest absolute Gasteiger partial charge is 0.335 e. The summed E-state index contributed by atoms with van der Waals surface area (Å²) in [7, 11) is 0. The fourth-order valence-corrected chi connectivity index (χ4v) is 2.01. The van der Waals surface area contributed by atoms with Crippen molar-refractivity contribution in [2.75, 3.05) is 0 Å². The highest BCUT2D eigenvalue weighted by Gasteiger charge is 2.04. The zero-order valence-corrected chi connectivity index (χ0v) is 15.8. The van der Waals surface area contributed by atoms with Gasteiger partial charge in [0.15, 0.2) is 0 Å². The second kappa shape index (κ2) is 17.3. The Labute approximate surface area is 164 Å². The first-order valence-electron chi connectivity index (χ1n) is 8.74. The second-order valence-electron chi connectivity index (χ2n) is 5.60. The molecule has 0 amide bonds. The van der Waals surface area contributed by atoms with Gasteiger partial charge in [0.2, 0.25) is 0 Å². The first-order chi connectivity index (χ1) is 13.2. The van der Waals surface area contributed by atoms with E-state index in [4.69, 9.17) is 20.4 Å². The molecule has 1 aromatic carbocycles. The molecular weight excluding hydrogens is 368 g/mol. The molecular formula is C20H28O8. The minimum absolute atomic E-state index is 0.0833. The molecule has 0 aliphatic carbocycles. The normalized spacial score (nSPS) is 9.14. The van der Waals surface area contributed by atoms with Crippen LogP contribution in [-0.2, 0) is 9.59 Å². The topological polar surface area (TPSA) is 149 Å². The van der Waals surface area contributed by atoms with Crippen molar-refractivity contribution in [2.24, 2.45) is 0 Å². The molecule has 156 valence electrons. The van der Waals surface area contributed by atoms with E-state index in [0.29, 0.717) is 0 Å². The van der Waals surface area contributed by atoms with Gasteiger partial charge in [-0.1, -0.05) is 25.7 Å². The number of rotatable bonds is 11. The van der Waals surface area contributed by atoms with Gasteiger partial charge in [-0.25, -0.2) is 9.59 Å². The summed E-state index contributed by atoms with van der Waals surface area (Å²) in [6.07, 6.45) is 5.82. The van der Waals surface area contributed by atoms with E-state index in [1.807, 2.05) is 0 Å². The maximum atomic E-state index is 10.3. The Morgan fingerprint density at radius 2 is 0.821 bits per heavy atom. The van der Waals surface area contributed by atoms with Crippen LogP contribution in [0.3, 0.4) is 0 Å². The van der Waals surface area contributed by atoms with Crippen molar-refractivity contribution in [3.63, 3.8) is 0 Å². The fraction of sp³-hybridized carbons (Fsp3) is 0.400. The molecule has 0 atom stereocenters. The first kappa shape index (κ1) is 27.1. The standard InChI is InChI=1S/C10H18O4.C8H6O4.C2H4/c11-9(12)7-5-3-1-2-4-6-8-10(13)14;9-7(10)5-1-2-6(4-3-5)8(11)12;1-2/h1-8H2,(H,11,12)(H,13,14);1-4H,(H,9,10)(H,11,12);1-2H2. The number of aliphatic carboxylic acids is 2. The number of carboxylic acid groups (broad SMARTS) is 4. The number of hydrogen-bond acceptors (Lipinski definition) is 4. The third kappa shape index (κ3) is 16.3. The number of unbranched alkanes of at least 4 members (excludes halogenated alkanes) is 5. The molecule has 28 heavy (non-hydrogen) atoms. The van der Waals surface area contributed by atoms with E-state index < -0.39 is 23.9 Å². The van der Waals surface area contributed by atoms with E-state index in [2.05, 4.69) is 13.2 Å². The van der Waals surface area contributed by atoms with E-state index in [1.165, 1.54) is 24.3 Å². The lowest BCUT2D eigenvalue weighted by Crippen LogP contribution is -1.99. The molecule has 4 N–H and O–H groups in total. The summed E-state index contributed by atoms with van der Waals surface area (Å²) < 4.78 is 0. The fourth-order valence-electron chi connectivity index (χ4n) is 2.01. The molecule has 0 fully saturated rings. The number of hydrogen-bond donors (Lipinski definition) is 4. The lowest BCUT2D eigenvalue weighted by molar-refractivity contribution is -0.138. The third-order valence-corrected chi connectivity index (χ3v) is 3.41. The maximum Gasteiger partial charge on any atom is 0.335 e. The van der Waals surface area contributed by atoms with Gasteiger partial charge in [0.1, 0.15) is 0 Å². The van der Waals surface area contributed by atoms with Crippen LogP contribution in [0.15, 0.2) is 37.4 Å². The van der Waals surface area contributed by atoms with Crippen LogP contribution >= 0.6 is 0 Å². The van der Waals surface area contributed by atoms with Crippen LogP contribution in [0.4, 0.5) is 0 Å². The summed E-state index contributed by atoms with van der Waals surface area (Å²) in [5, 5.41) is 33.6. The van der Waals surface area contributed by atoms with Gasteiger partial charge in [0.25, 0.3) is 0 Å². The van der Waals surface area contributed by atoms with E-state index >= 15 is 0 Å². The van der Waals surface area contributed by atoms with Crippen LogP contribution in [0.5, 0.6) is 0 Å². The predicted molar refractivity (Wildman–Crippen MR) is 104 cm³/mol. The van der Waals surface area contributed by atoms with Gasteiger partial charge in [-0.15, -0.1) is 13.2 Å². The Hall–Kier alpha value is -3.16. The lowest BCUT2D eigenvalue weighted by Gasteiger charge is -1.98. The molecule has 0 aliphatic heterocycles. The Kier molecular flexibility index (Phi) is 16.7. The zero-order chi connectivity index (χ0) is 21.9. The number of carboxylic acids is 4. The van der Waals surface area contributed by atoms with Crippen LogP contribution in [-0.4, -0.2) is 44.3 Å². The van der Waals surface area contributed by atoms with Gasteiger partial charge in [0.05, 0.1) is 11.1 Å². The van der Waals surface area contributed by atoms with Crippen molar-refractivity contribution >= 4 is 23.9 Å². The summed E-state index contributed by atoms with van der Waals surface area (Å²) >= 11 is 0. The monoisotopic (exact) mass is 396 g/mol. The molecule has 0 aromatic heterocycles. The molecule has 0 saturated heterocycles. The van der Waals surface area contributed by atoms with E-state index in [1.54, 1.807) is 0 Å². The average molecular weight is 396 g/mol. The Balaban J connectivity index is 0. The average Bonchev–Trinajstić information content (AvgIpc) is 2.65. The highest BCUT2D eigenvalue weighted by Crippen LogP contribution is 2.08. The first-order valence-corrected chi connectivity index (χ1v) is 8.74. The molecule has 8 heteroatoms. The maximum absolute atomic E-state index is 10.3. The van der Waals surface area contributed by atoms with Gasteiger partial charge in [-0.2, -0.15) is 0 Å². The summed E-state index contributed by atoms with van der Waals surface area (Å²) in [4.78, 5) is 41.0. The van der Waals surface area contributed by atoms with Gasteiger partial charge in [0, 0.05) is 12.8 Å². The van der Waals surface area contributed by atoms with Crippen LogP contribution < -0.4 is 0 Å². The van der Waals surface area contributed by atoms with Crippen LogP contribution in [0, 0.1) is 0 Å². The summed E-state index contributed by atoms with van der Waals surface area (Å²) in [6, 6.07) is 5.02. The molecule has 0 spiro atoms. The summed E-state index contributed by atoms with van der Waals surface area (Å²) in [5.41, 5.74) is 0.167. The van der Waals surface area contributed by atoms with Crippen molar-refractivity contribution in [1.29, 1.82) is 0 Å². The Morgan fingerprint density at radius 1 is 0.571 bits per heavy atom. The minimum atomic E-state index is -1.06. The molecule has 0 unspecified atom stereocenters. The van der Waals surface area contributed by atoms with E-state index in [-0.39, 0.29) is 24.0 Å². The minimum Gasteiger partial charge on any atom is -0.481 e. The molecule has 0 heterocycles. The molecule has 0 bridgehead atoms. The van der Waals surface area contributed by atoms with E-state index in [0.717, 1.165) is 38.5 Å². The predicted octanol–water partition coefficient (Wildman–Crippen LogP) is 4.16. The largest absolute Gasteiger partial charge is 0.481 e. The number of benzene rings is 1. The highest BCUT2D eigenvalue weighted by atomic mass is 16.4. The van der Waals surface area contributed by atoms with Crippen molar-refractivity contribution in [3.05, 3.63) is 48.6 Å².